The molecule has 16 heavy (non-hydrogen) atoms. The lowest BCUT2D eigenvalue weighted by Crippen LogP contribution is -1.96. The number of ether oxygens (including phenoxy) is 1. The van der Waals surface area contributed by atoms with Crippen molar-refractivity contribution in [2.75, 3.05) is 6.61 Å². The van der Waals surface area contributed by atoms with E-state index < -0.39 is 5.97 Å². The van der Waals surface area contributed by atoms with Crippen molar-refractivity contribution in [2.24, 2.45) is 0 Å². The van der Waals surface area contributed by atoms with Crippen molar-refractivity contribution in [1.82, 2.24) is 0 Å². The standard InChI is InChI=1S/C12H13ClO3/c1-9-5-6-10(13)11(8-9)16-7-3-2-4-12(14)15/h2-3,5-6,8H,4,7H2,1H3,(H,14,15)/b3-2+. The summed E-state index contributed by atoms with van der Waals surface area (Å²) in [4.78, 5) is 10.2. The van der Waals surface area contributed by atoms with Gasteiger partial charge >= 0.3 is 5.97 Å². The molecule has 0 radical (unpaired) electrons. The largest absolute Gasteiger partial charge is 0.488 e. The van der Waals surface area contributed by atoms with Crippen molar-refractivity contribution in [2.45, 2.75) is 13.3 Å². The van der Waals surface area contributed by atoms with E-state index in [2.05, 4.69) is 0 Å². The van der Waals surface area contributed by atoms with Crippen LogP contribution in [0.15, 0.2) is 30.4 Å². The van der Waals surface area contributed by atoms with Gasteiger partial charge in [-0.15, -0.1) is 0 Å². The molecule has 0 bridgehead atoms. The Morgan fingerprint density at radius 2 is 2.25 bits per heavy atom. The average Bonchev–Trinajstić information content (AvgIpc) is 2.22. The molecule has 0 atom stereocenters. The average molecular weight is 241 g/mol. The number of carbonyl (C=O) groups is 1. The second kappa shape index (κ2) is 6.18. The summed E-state index contributed by atoms with van der Waals surface area (Å²) in [5.41, 5.74) is 1.06. The molecule has 0 aliphatic rings. The molecule has 1 aromatic rings. The maximum absolute atomic E-state index is 10.2. The smallest absolute Gasteiger partial charge is 0.307 e. The van der Waals surface area contributed by atoms with Crippen LogP contribution >= 0.6 is 11.6 Å². The molecular formula is C12H13ClO3. The van der Waals surface area contributed by atoms with Crippen molar-refractivity contribution in [3.8, 4) is 5.75 Å². The minimum atomic E-state index is -0.857. The molecule has 0 amide bonds. The van der Waals surface area contributed by atoms with Crippen LogP contribution in [0.5, 0.6) is 5.75 Å². The maximum Gasteiger partial charge on any atom is 0.307 e. The van der Waals surface area contributed by atoms with E-state index in [1.54, 1.807) is 18.2 Å². The summed E-state index contributed by atoms with van der Waals surface area (Å²) in [6.45, 7) is 2.26. The zero-order valence-electron chi connectivity index (χ0n) is 8.94. The summed E-state index contributed by atoms with van der Waals surface area (Å²) in [5, 5.41) is 8.95. The Labute approximate surface area is 99.3 Å². The van der Waals surface area contributed by atoms with E-state index >= 15 is 0 Å². The highest BCUT2D eigenvalue weighted by Crippen LogP contribution is 2.25. The van der Waals surface area contributed by atoms with Gasteiger partial charge in [-0.25, -0.2) is 0 Å². The first-order valence-corrected chi connectivity index (χ1v) is 5.23. The number of aliphatic carboxylic acids is 1. The van der Waals surface area contributed by atoms with E-state index in [1.165, 1.54) is 0 Å². The molecule has 1 aromatic carbocycles. The van der Waals surface area contributed by atoms with Crippen molar-refractivity contribution in [3.05, 3.63) is 40.9 Å². The molecule has 0 aliphatic carbocycles. The van der Waals surface area contributed by atoms with Gasteiger partial charge in [0.05, 0.1) is 11.4 Å². The highest BCUT2D eigenvalue weighted by atomic mass is 35.5. The topological polar surface area (TPSA) is 46.5 Å². The molecule has 0 saturated carbocycles. The molecular weight excluding hydrogens is 228 g/mol. The molecule has 0 saturated heterocycles. The molecule has 86 valence electrons. The van der Waals surface area contributed by atoms with E-state index in [0.717, 1.165) is 5.56 Å². The van der Waals surface area contributed by atoms with Gasteiger partial charge in [-0.1, -0.05) is 29.8 Å². The second-order valence-electron chi connectivity index (χ2n) is 3.31. The fourth-order valence-corrected chi connectivity index (χ4v) is 1.28. The van der Waals surface area contributed by atoms with Crippen molar-refractivity contribution < 1.29 is 14.6 Å². The molecule has 0 spiro atoms. The van der Waals surface area contributed by atoms with E-state index in [4.69, 9.17) is 21.4 Å². The lowest BCUT2D eigenvalue weighted by atomic mass is 10.2. The molecule has 1 rings (SSSR count). The molecule has 0 aliphatic heterocycles. The zero-order valence-corrected chi connectivity index (χ0v) is 9.70. The SMILES string of the molecule is Cc1ccc(Cl)c(OC/C=C/CC(=O)O)c1. The summed E-state index contributed by atoms with van der Waals surface area (Å²) < 4.78 is 5.39. The summed E-state index contributed by atoms with van der Waals surface area (Å²) in [6, 6.07) is 5.51. The predicted molar refractivity (Wildman–Crippen MR) is 63.1 cm³/mol. The lowest BCUT2D eigenvalue weighted by Gasteiger charge is -2.06. The number of benzene rings is 1. The second-order valence-corrected chi connectivity index (χ2v) is 3.72. The van der Waals surface area contributed by atoms with Gasteiger partial charge in [-0.05, 0) is 24.6 Å². The van der Waals surface area contributed by atoms with Crippen molar-refractivity contribution in [3.63, 3.8) is 0 Å². The summed E-state index contributed by atoms with van der Waals surface area (Å²) in [5.74, 6) is -0.244. The highest BCUT2D eigenvalue weighted by Gasteiger charge is 1.99. The third-order valence-electron chi connectivity index (χ3n) is 1.88. The Morgan fingerprint density at radius 1 is 1.50 bits per heavy atom. The monoisotopic (exact) mass is 240 g/mol. The highest BCUT2D eigenvalue weighted by molar-refractivity contribution is 6.32. The Balaban J connectivity index is 2.45. The molecule has 0 heterocycles. The normalized spacial score (nSPS) is 10.6. The zero-order chi connectivity index (χ0) is 12.0. The Hall–Kier alpha value is -1.48. The van der Waals surface area contributed by atoms with Crippen molar-refractivity contribution in [1.29, 1.82) is 0 Å². The number of carboxylic acid groups (broad SMARTS) is 1. The fraction of sp³-hybridized carbons (Fsp3) is 0.250. The van der Waals surface area contributed by atoms with Crippen LogP contribution in [0.3, 0.4) is 0 Å². The van der Waals surface area contributed by atoms with Gasteiger partial charge in [0.2, 0.25) is 0 Å². The van der Waals surface area contributed by atoms with Crippen LogP contribution in [0.1, 0.15) is 12.0 Å². The van der Waals surface area contributed by atoms with Gasteiger partial charge in [0.25, 0.3) is 0 Å². The van der Waals surface area contributed by atoms with Gasteiger partial charge in [-0.2, -0.15) is 0 Å². The fourth-order valence-electron chi connectivity index (χ4n) is 1.11. The van der Waals surface area contributed by atoms with Gasteiger partial charge in [0.15, 0.2) is 0 Å². The molecule has 1 N–H and O–H groups in total. The van der Waals surface area contributed by atoms with E-state index in [9.17, 15) is 4.79 Å². The summed E-state index contributed by atoms with van der Waals surface area (Å²) in [7, 11) is 0. The first-order valence-electron chi connectivity index (χ1n) is 4.85. The summed E-state index contributed by atoms with van der Waals surface area (Å²) in [6.07, 6.45) is 3.21. The maximum atomic E-state index is 10.2. The molecule has 4 heteroatoms. The number of rotatable bonds is 5. The quantitative estimate of drug-likeness (QED) is 0.805. The molecule has 3 nitrogen and oxygen atoms in total. The number of carboxylic acids is 1. The number of hydrogen-bond donors (Lipinski definition) is 1. The number of hydrogen-bond acceptors (Lipinski definition) is 2. The summed E-state index contributed by atoms with van der Waals surface area (Å²) >= 11 is 5.92. The Kier molecular flexibility index (Phi) is 4.86. The van der Waals surface area contributed by atoms with E-state index in [-0.39, 0.29) is 6.42 Å². The van der Waals surface area contributed by atoms with Crippen LogP contribution in [0.4, 0.5) is 0 Å². The minimum Gasteiger partial charge on any atom is -0.488 e. The van der Waals surface area contributed by atoms with Gasteiger partial charge in [0.1, 0.15) is 12.4 Å². The van der Waals surface area contributed by atoms with E-state index in [0.29, 0.717) is 17.4 Å². The Morgan fingerprint density at radius 3 is 2.94 bits per heavy atom. The van der Waals surface area contributed by atoms with Gasteiger partial charge in [-0.3, -0.25) is 4.79 Å². The van der Waals surface area contributed by atoms with Gasteiger partial charge in [0, 0.05) is 0 Å². The van der Waals surface area contributed by atoms with Crippen LogP contribution in [0, 0.1) is 6.92 Å². The van der Waals surface area contributed by atoms with Crippen LogP contribution < -0.4 is 4.74 Å². The molecule has 0 fully saturated rings. The number of aryl methyl sites for hydroxylation is 1. The van der Waals surface area contributed by atoms with E-state index in [1.807, 2.05) is 19.1 Å². The first-order chi connectivity index (χ1) is 7.59. The van der Waals surface area contributed by atoms with Crippen LogP contribution in [-0.2, 0) is 4.79 Å². The van der Waals surface area contributed by atoms with Crippen LogP contribution in [-0.4, -0.2) is 17.7 Å². The number of halogens is 1. The minimum absolute atomic E-state index is 0.00487. The predicted octanol–water partition coefficient (Wildman–Crippen LogP) is 3.06. The lowest BCUT2D eigenvalue weighted by molar-refractivity contribution is -0.136. The first kappa shape index (κ1) is 12.6. The Bertz CT molecular complexity index is 399. The molecule has 0 aromatic heterocycles. The third-order valence-corrected chi connectivity index (χ3v) is 2.19. The van der Waals surface area contributed by atoms with Crippen LogP contribution in [0.25, 0.3) is 0 Å². The van der Waals surface area contributed by atoms with Gasteiger partial charge < -0.3 is 9.84 Å². The third kappa shape index (κ3) is 4.36. The molecule has 0 unspecified atom stereocenters. The van der Waals surface area contributed by atoms with Crippen molar-refractivity contribution >= 4 is 17.6 Å². The van der Waals surface area contributed by atoms with Crippen LogP contribution in [0.2, 0.25) is 5.02 Å².